The van der Waals surface area contributed by atoms with Crippen LogP contribution in [0.1, 0.15) is 61.4 Å². The third kappa shape index (κ3) is 11.7. The summed E-state index contributed by atoms with van der Waals surface area (Å²) in [6.07, 6.45) is 6.72. The maximum absolute atomic E-state index is 12.0. The lowest BCUT2D eigenvalue weighted by Gasteiger charge is -2.23. The van der Waals surface area contributed by atoms with Gasteiger partial charge in [-0.1, -0.05) is 37.8 Å². The Bertz CT molecular complexity index is 842. The van der Waals surface area contributed by atoms with Crippen LogP contribution in [0.3, 0.4) is 0 Å². The minimum atomic E-state index is -0.156. The number of nitrogens with zero attached hydrogens (tertiary/aromatic N) is 1. The molecule has 2 aromatic carbocycles. The van der Waals surface area contributed by atoms with E-state index in [9.17, 15) is 9.59 Å². The van der Waals surface area contributed by atoms with Crippen LogP contribution in [-0.4, -0.2) is 46.1 Å². The Kier molecular flexibility index (Phi) is 13.3. The number of Topliss-reactive ketones (excluding diaryl/α,β-unsaturated/α-hetero) is 1. The van der Waals surface area contributed by atoms with E-state index in [-0.39, 0.29) is 35.7 Å². The van der Waals surface area contributed by atoms with Gasteiger partial charge in [-0.05, 0) is 61.7 Å². The minimum Gasteiger partial charge on any atom is -1.00 e. The van der Waals surface area contributed by atoms with Gasteiger partial charge in [0.05, 0.1) is 40.8 Å². The smallest absolute Gasteiger partial charge is 0.310 e. The molecular formula is C27H38INO4. The Morgan fingerprint density at radius 3 is 1.85 bits per heavy atom. The van der Waals surface area contributed by atoms with Gasteiger partial charge in [0.25, 0.3) is 0 Å². The lowest BCUT2D eigenvalue weighted by Crippen LogP contribution is -3.00. The number of esters is 1. The van der Waals surface area contributed by atoms with Crippen molar-refractivity contribution in [3.63, 3.8) is 0 Å². The third-order valence-electron chi connectivity index (χ3n) is 5.39. The van der Waals surface area contributed by atoms with Crippen LogP contribution in [-0.2, 0) is 16.0 Å². The topological polar surface area (TPSA) is 52.6 Å². The lowest BCUT2D eigenvalue weighted by molar-refractivity contribution is -0.142. The van der Waals surface area contributed by atoms with Crippen LogP contribution in [0.4, 0.5) is 5.69 Å². The van der Waals surface area contributed by atoms with Crippen molar-refractivity contribution in [2.24, 2.45) is 0 Å². The molecule has 0 atom stereocenters. The quantitative estimate of drug-likeness (QED) is 0.116. The van der Waals surface area contributed by atoms with Crippen molar-refractivity contribution in [2.45, 2.75) is 51.9 Å². The van der Waals surface area contributed by atoms with Crippen LogP contribution < -0.4 is 33.2 Å². The van der Waals surface area contributed by atoms with E-state index in [1.54, 1.807) is 19.1 Å². The number of quaternary nitrogens is 1. The molecule has 0 aliphatic rings. The molecule has 5 nitrogen and oxygen atoms in total. The van der Waals surface area contributed by atoms with E-state index in [0.29, 0.717) is 25.2 Å². The molecule has 0 amide bonds. The van der Waals surface area contributed by atoms with E-state index in [1.807, 2.05) is 24.3 Å². The maximum atomic E-state index is 12.0. The maximum Gasteiger partial charge on any atom is 0.310 e. The van der Waals surface area contributed by atoms with E-state index in [4.69, 9.17) is 9.47 Å². The molecule has 33 heavy (non-hydrogen) atoms. The molecule has 0 N–H and O–H groups in total. The highest BCUT2D eigenvalue weighted by molar-refractivity contribution is 5.94. The summed E-state index contributed by atoms with van der Waals surface area (Å²) in [4.78, 5) is 23.3. The second kappa shape index (κ2) is 15.1. The summed E-state index contributed by atoms with van der Waals surface area (Å²) in [6, 6.07) is 15.4. The zero-order valence-electron chi connectivity index (χ0n) is 20.4. The van der Waals surface area contributed by atoms with E-state index in [2.05, 4.69) is 33.3 Å². The van der Waals surface area contributed by atoms with Crippen LogP contribution in [0.2, 0.25) is 0 Å². The fourth-order valence-electron chi connectivity index (χ4n) is 3.35. The Labute approximate surface area is 216 Å². The van der Waals surface area contributed by atoms with E-state index < -0.39 is 0 Å². The van der Waals surface area contributed by atoms with Crippen molar-refractivity contribution in [2.75, 3.05) is 34.4 Å². The van der Waals surface area contributed by atoms with Crippen molar-refractivity contribution >= 4 is 17.4 Å². The molecule has 2 rings (SSSR count). The first-order valence-electron chi connectivity index (χ1n) is 11.6. The zero-order chi connectivity index (χ0) is 23.4. The van der Waals surface area contributed by atoms with Crippen molar-refractivity contribution in [1.29, 1.82) is 0 Å². The molecular weight excluding hydrogens is 529 g/mol. The SMILES string of the molecule is CC(=O)c1ccc(OCCCCCCCCOC(=O)Cc2ccc([N+](C)(C)C)cc2)cc1.[I-]. The molecule has 0 saturated carbocycles. The van der Waals surface area contributed by atoms with Gasteiger partial charge in [0, 0.05) is 5.56 Å². The van der Waals surface area contributed by atoms with Crippen molar-refractivity contribution < 1.29 is 43.0 Å². The second-order valence-electron chi connectivity index (χ2n) is 9.13. The Balaban J connectivity index is 0.00000544. The molecule has 0 heterocycles. The largest absolute Gasteiger partial charge is 1.00 e. The van der Waals surface area contributed by atoms with Crippen molar-refractivity contribution in [3.05, 3.63) is 59.7 Å². The molecule has 0 aromatic heterocycles. The van der Waals surface area contributed by atoms with Gasteiger partial charge in [-0.25, -0.2) is 0 Å². The number of unbranched alkanes of at least 4 members (excludes halogenated alkanes) is 5. The number of carbonyl (C=O) groups is 2. The first-order chi connectivity index (χ1) is 15.3. The highest BCUT2D eigenvalue weighted by Crippen LogP contribution is 2.18. The number of carbonyl (C=O) groups excluding carboxylic acids is 2. The van der Waals surface area contributed by atoms with Crippen molar-refractivity contribution in [1.82, 2.24) is 4.48 Å². The summed E-state index contributed by atoms with van der Waals surface area (Å²) in [7, 11) is 6.36. The van der Waals surface area contributed by atoms with Gasteiger partial charge in [-0.3, -0.25) is 14.1 Å². The molecule has 6 heteroatoms. The average molecular weight is 568 g/mol. The van der Waals surface area contributed by atoms with Gasteiger partial charge in [0.2, 0.25) is 0 Å². The van der Waals surface area contributed by atoms with Gasteiger partial charge in [0.15, 0.2) is 5.78 Å². The van der Waals surface area contributed by atoms with Crippen LogP contribution in [0.25, 0.3) is 0 Å². The van der Waals surface area contributed by atoms with E-state index in [0.717, 1.165) is 54.3 Å². The molecule has 0 bridgehead atoms. The van der Waals surface area contributed by atoms with E-state index in [1.165, 1.54) is 5.69 Å². The van der Waals surface area contributed by atoms with Gasteiger partial charge in [-0.15, -0.1) is 0 Å². The first kappa shape index (κ1) is 29.1. The summed E-state index contributed by atoms with van der Waals surface area (Å²) < 4.78 is 11.8. The molecule has 0 saturated heterocycles. The van der Waals surface area contributed by atoms with Crippen LogP contribution in [0.15, 0.2) is 48.5 Å². The molecule has 0 aliphatic heterocycles. The second-order valence-corrected chi connectivity index (χ2v) is 9.13. The lowest BCUT2D eigenvalue weighted by atomic mass is 10.1. The zero-order valence-corrected chi connectivity index (χ0v) is 22.6. The van der Waals surface area contributed by atoms with Crippen LogP contribution in [0, 0.1) is 0 Å². The normalized spacial score (nSPS) is 10.9. The summed E-state index contributed by atoms with van der Waals surface area (Å²) in [5.41, 5.74) is 2.90. The predicted octanol–water partition coefficient (Wildman–Crippen LogP) is 2.60. The van der Waals surface area contributed by atoms with Crippen LogP contribution >= 0.6 is 0 Å². The fourth-order valence-corrected chi connectivity index (χ4v) is 3.35. The summed E-state index contributed by atoms with van der Waals surface area (Å²) in [5.74, 6) is 0.717. The molecule has 0 unspecified atom stereocenters. The molecule has 0 fully saturated rings. The Morgan fingerprint density at radius 1 is 0.758 bits per heavy atom. The standard InChI is InChI=1S/C27H38NO4.HI/c1-22(29)24-13-17-26(18-14-24)31-19-9-7-5-6-8-10-20-32-27(30)21-23-11-15-25(16-12-23)28(2,3)4;/h11-18H,5-10,19-21H2,1-4H3;1H/q+1;/p-1. The predicted molar refractivity (Wildman–Crippen MR) is 130 cm³/mol. The highest BCUT2D eigenvalue weighted by Gasteiger charge is 2.12. The average Bonchev–Trinajstić information content (AvgIpc) is 2.75. The molecule has 0 spiro atoms. The fraction of sp³-hybridized carbons (Fsp3) is 0.481. The van der Waals surface area contributed by atoms with Gasteiger partial charge in [-0.2, -0.15) is 0 Å². The van der Waals surface area contributed by atoms with Crippen LogP contribution in [0.5, 0.6) is 5.75 Å². The van der Waals surface area contributed by atoms with E-state index >= 15 is 0 Å². The molecule has 2 aromatic rings. The molecule has 0 aliphatic carbocycles. The number of hydrogen-bond donors (Lipinski definition) is 0. The number of halogens is 1. The summed E-state index contributed by atoms with van der Waals surface area (Å²) >= 11 is 0. The van der Waals surface area contributed by atoms with Gasteiger partial charge >= 0.3 is 5.97 Å². The monoisotopic (exact) mass is 567 g/mol. The Morgan fingerprint density at radius 2 is 1.30 bits per heavy atom. The van der Waals surface area contributed by atoms with Gasteiger partial charge in [0.1, 0.15) is 11.4 Å². The number of ether oxygens (including phenoxy) is 2. The summed E-state index contributed by atoms with van der Waals surface area (Å²) in [5, 5.41) is 0. The third-order valence-corrected chi connectivity index (χ3v) is 5.39. The first-order valence-corrected chi connectivity index (χ1v) is 11.6. The van der Waals surface area contributed by atoms with Gasteiger partial charge < -0.3 is 33.5 Å². The minimum absolute atomic E-state index is 0. The Hall–Kier alpha value is -1.93. The molecule has 0 radical (unpaired) electrons. The molecule has 182 valence electrons. The summed E-state index contributed by atoms with van der Waals surface area (Å²) in [6.45, 7) is 2.74. The number of hydrogen-bond acceptors (Lipinski definition) is 4. The van der Waals surface area contributed by atoms with Crippen molar-refractivity contribution in [3.8, 4) is 5.75 Å². The number of rotatable bonds is 14. The number of ketones is 1. The number of benzene rings is 2. The highest BCUT2D eigenvalue weighted by atomic mass is 127.